The molecule has 0 fully saturated rings. The Morgan fingerprint density at radius 2 is 1.90 bits per heavy atom. The number of ether oxygens (including phenoxy) is 2. The Labute approximate surface area is 125 Å². The number of rotatable bonds is 4. The first-order valence-corrected chi connectivity index (χ1v) is 6.20. The van der Waals surface area contributed by atoms with Crippen LogP contribution in [-0.2, 0) is 4.74 Å². The van der Waals surface area contributed by atoms with Crippen LogP contribution in [0.4, 0.5) is 5.69 Å². The van der Waals surface area contributed by atoms with Gasteiger partial charge in [0.2, 0.25) is 5.75 Å². The van der Waals surface area contributed by atoms with Crippen LogP contribution in [0.15, 0.2) is 42.5 Å². The first kappa shape index (κ1) is 14.8. The number of benzene rings is 2. The topological polar surface area (TPSA) is 78.7 Å². The van der Waals surface area contributed by atoms with E-state index in [0.29, 0.717) is 0 Å². The van der Waals surface area contributed by atoms with Gasteiger partial charge in [0.25, 0.3) is 0 Å². The molecule has 0 amide bonds. The third-order valence-electron chi connectivity index (χ3n) is 2.63. The second-order valence-electron chi connectivity index (χ2n) is 3.96. The van der Waals surface area contributed by atoms with Gasteiger partial charge in [-0.15, -0.1) is 0 Å². The highest BCUT2D eigenvalue weighted by Gasteiger charge is 2.19. The van der Waals surface area contributed by atoms with Gasteiger partial charge in [-0.2, -0.15) is 0 Å². The Morgan fingerprint density at radius 1 is 1.19 bits per heavy atom. The molecule has 0 unspecified atom stereocenters. The molecule has 0 aliphatic carbocycles. The maximum atomic E-state index is 11.6. The minimum absolute atomic E-state index is 0.0132. The molecule has 0 bridgehead atoms. The lowest BCUT2D eigenvalue weighted by Crippen LogP contribution is -2.04. The quantitative estimate of drug-likeness (QED) is 0.487. The number of halogens is 1. The summed E-state index contributed by atoms with van der Waals surface area (Å²) in [7, 11) is 1.24. The fourth-order valence-corrected chi connectivity index (χ4v) is 1.84. The molecule has 2 rings (SSSR count). The van der Waals surface area contributed by atoms with Crippen LogP contribution < -0.4 is 4.74 Å². The molecule has 0 heterocycles. The zero-order chi connectivity index (χ0) is 15.4. The average Bonchev–Trinajstić information content (AvgIpc) is 2.48. The highest BCUT2D eigenvalue weighted by atomic mass is 35.5. The second-order valence-corrected chi connectivity index (χ2v) is 4.40. The molecule has 0 radical (unpaired) electrons. The van der Waals surface area contributed by atoms with Gasteiger partial charge in [0.15, 0.2) is 0 Å². The minimum atomic E-state index is -0.609. The van der Waals surface area contributed by atoms with Crippen molar-refractivity contribution in [3.8, 4) is 11.5 Å². The lowest BCUT2D eigenvalue weighted by atomic mass is 10.2. The molecule has 0 aliphatic heterocycles. The van der Waals surface area contributed by atoms with Crippen molar-refractivity contribution in [1.29, 1.82) is 0 Å². The first-order valence-electron chi connectivity index (χ1n) is 5.82. The Balaban J connectivity index is 2.44. The van der Waals surface area contributed by atoms with Gasteiger partial charge in [0.05, 0.1) is 12.0 Å². The van der Waals surface area contributed by atoms with E-state index in [2.05, 4.69) is 4.74 Å². The zero-order valence-corrected chi connectivity index (χ0v) is 11.7. The summed E-state index contributed by atoms with van der Waals surface area (Å²) in [6.45, 7) is 0. The Hall–Kier alpha value is -2.60. The number of carbonyl (C=O) groups excluding carboxylic acids is 1. The van der Waals surface area contributed by atoms with Crippen molar-refractivity contribution in [2.75, 3.05) is 7.11 Å². The van der Waals surface area contributed by atoms with Crippen molar-refractivity contribution >= 4 is 23.3 Å². The van der Waals surface area contributed by atoms with Gasteiger partial charge >= 0.3 is 11.7 Å². The second kappa shape index (κ2) is 6.23. The van der Waals surface area contributed by atoms with Gasteiger partial charge in [-0.05, 0) is 24.3 Å². The fraction of sp³-hybridized carbons (Fsp3) is 0.0714. The van der Waals surface area contributed by atoms with E-state index in [-0.39, 0.29) is 27.8 Å². The number of esters is 1. The number of carbonyl (C=O) groups is 1. The molecule has 0 aromatic heterocycles. The van der Waals surface area contributed by atoms with E-state index in [1.165, 1.54) is 37.4 Å². The maximum absolute atomic E-state index is 11.6. The van der Waals surface area contributed by atoms with Crippen LogP contribution in [0.2, 0.25) is 5.02 Å². The van der Waals surface area contributed by atoms with Crippen molar-refractivity contribution in [2.24, 2.45) is 0 Å². The zero-order valence-electron chi connectivity index (χ0n) is 10.9. The Bertz CT molecular complexity index is 702. The highest BCUT2D eigenvalue weighted by Crippen LogP contribution is 2.34. The molecule has 0 spiro atoms. The predicted molar refractivity (Wildman–Crippen MR) is 76.0 cm³/mol. The number of hydrogen-bond acceptors (Lipinski definition) is 5. The summed E-state index contributed by atoms with van der Waals surface area (Å²) in [5.74, 6) is -0.447. The molecule has 108 valence electrons. The molecular weight excluding hydrogens is 298 g/mol. The molecule has 0 saturated carbocycles. The summed E-state index contributed by atoms with van der Waals surface area (Å²) in [4.78, 5) is 22.0. The van der Waals surface area contributed by atoms with Gasteiger partial charge < -0.3 is 9.47 Å². The number of methoxy groups -OCH3 is 1. The average molecular weight is 308 g/mol. The van der Waals surface area contributed by atoms with Crippen molar-refractivity contribution in [3.63, 3.8) is 0 Å². The van der Waals surface area contributed by atoms with Crippen LogP contribution in [0, 0.1) is 10.1 Å². The van der Waals surface area contributed by atoms with Crippen LogP contribution >= 0.6 is 11.6 Å². The van der Waals surface area contributed by atoms with Gasteiger partial charge in [0.1, 0.15) is 11.3 Å². The number of nitrogens with zero attached hydrogens (tertiary/aromatic N) is 1. The van der Waals surface area contributed by atoms with Crippen LogP contribution in [0.5, 0.6) is 11.5 Å². The predicted octanol–water partition coefficient (Wildman–Crippen LogP) is 3.83. The largest absolute Gasteiger partial charge is 0.465 e. The maximum Gasteiger partial charge on any atom is 0.341 e. The molecule has 0 N–H and O–H groups in total. The number of nitro groups is 1. The minimum Gasteiger partial charge on any atom is -0.465 e. The van der Waals surface area contributed by atoms with Crippen molar-refractivity contribution in [3.05, 3.63) is 63.2 Å². The summed E-state index contributed by atoms with van der Waals surface area (Å²) in [6.07, 6.45) is 0. The number of para-hydroxylation sites is 1. The van der Waals surface area contributed by atoms with Crippen LogP contribution in [0.3, 0.4) is 0 Å². The SMILES string of the molecule is COC(=O)c1ccccc1Oc1ccc(Cl)cc1[N+](=O)[O-]. The van der Waals surface area contributed by atoms with Crippen molar-refractivity contribution < 1.29 is 19.2 Å². The third-order valence-corrected chi connectivity index (χ3v) is 2.87. The van der Waals surface area contributed by atoms with Gasteiger partial charge in [-0.3, -0.25) is 10.1 Å². The molecule has 0 atom stereocenters. The van der Waals surface area contributed by atoms with Crippen LogP contribution in [-0.4, -0.2) is 18.0 Å². The van der Waals surface area contributed by atoms with Crippen LogP contribution in [0.1, 0.15) is 10.4 Å². The Morgan fingerprint density at radius 3 is 2.57 bits per heavy atom. The van der Waals surface area contributed by atoms with E-state index >= 15 is 0 Å². The number of nitro benzene ring substituents is 1. The molecule has 2 aromatic rings. The van der Waals surface area contributed by atoms with Crippen molar-refractivity contribution in [2.45, 2.75) is 0 Å². The van der Waals surface area contributed by atoms with Crippen molar-refractivity contribution in [1.82, 2.24) is 0 Å². The van der Waals surface area contributed by atoms with Gasteiger partial charge in [0, 0.05) is 11.1 Å². The highest BCUT2D eigenvalue weighted by molar-refractivity contribution is 6.30. The molecular formula is C14H10ClNO5. The standard InChI is InChI=1S/C14H10ClNO5/c1-20-14(17)10-4-2-3-5-12(10)21-13-7-6-9(15)8-11(13)16(18)19/h2-8H,1H3. The molecule has 2 aromatic carbocycles. The smallest absolute Gasteiger partial charge is 0.341 e. The van der Waals surface area contributed by atoms with E-state index < -0.39 is 10.9 Å². The summed E-state index contributed by atoms with van der Waals surface area (Å²) in [6, 6.07) is 10.3. The van der Waals surface area contributed by atoms with E-state index in [1.807, 2.05) is 0 Å². The van der Waals surface area contributed by atoms with E-state index in [1.54, 1.807) is 12.1 Å². The Kier molecular flexibility index (Phi) is 4.39. The molecule has 0 aliphatic rings. The van der Waals surface area contributed by atoms with Gasteiger partial charge in [-0.25, -0.2) is 4.79 Å². The molecule has 6 nitrogen and oxygen atoms in total. The van der Waals surface area contributed by atoms with E-state index in [0.717, 1.165) is 0 Å². The summed E-state index contributed by atoms with van der Waals surface area (Å²) in [5, 5.41) is 11.2. The lowest BCUT2D eigenvalue weighted by molar-refractivity contribution is -0.385. The third kappa shape index (κ3) is 3.29. The molecule has 21 heavy (non-hydrogen) atoms. The molecule has 7 heteroatoms. The summed E-state index contributed by atoms with van der Waals surface area (Å²) < 4.78 is 10.1. The first-order chi connectivity index (χ1) is 10.0. The summed E-state index contributed by atoms with van der Waals surface area (Å²) in [5.41, 5.74) is -0.119. The van der Waals surface area contributed by atoms with Gasteiger partial charge in [-0.1, -0.05) is 23.7 Å². The monoisotopic (exact) mass is 307 g/mol. The fourth-order valence-electron chi connectivity index (χ4n) is 1.67. The molecule has 0 saturated heterocycles. The normalized spacial score (nSPS) is 10.0. The van der Waals surface area contributed by atoms with Crippen LogP contribution in [0.25, 0.3) is 0 Å². The summed E-state index contributed by atoms with van der Waals surface area (Å²) >= 11 is 5.73. The lowest BCUT2D eigenvalue weighted by Gasteiger charge is -2.10. The number of hydrogen-bond donors (Lipinski definition) is 0. The van der Waals surface area contributed by atoms with E-state index in [9.17, 15) is 14.9 Å². The van der Waals surface area contributed by atoms with E-state index in [4.69, 9.17) is 16.3 Å².